The van der Waals surface area contributed by atoms with E-state index in [2.05, 4.69) is 15.9 Å². The molecule has 3 aromatic rings. The third-order valence-electron chi connectivity index (χ3n) is 5.72. The van der Waals surface area contributed by atoms with Crippen LogP contribution in [0.2, 0.25) is 0 Å². The lowest BCUT2D eigenvalue weighted by molar-refractivity contribution is -0.141. The number of methoxy groups -OCH3 is 1. The molecule has 1 heterocycles. The van der Waals surface area contributed by atoms with E-state index in [9.17, 15) is 14.7 Å². The minimum atomic E-state index is -0.978. The molecule has 1 N–H and O–H groups in total. The zero-order chi connectivity index (χ0) is 22.0. The second-order valence-corrected chi connectivity index (χ2v) is 8.31. The summed E-state index contributed by atoms with van der Waals surface area (Å²) in [7, 11) is 1.62. The molecule has 1 unspecified atom stereocenters. The van der Waals surface area contributed by atoms with Crippen molar-refractivity contribution in [1.82, 2.24) is 4.90 Å². The number of ether oxygens (including phenoxy) is 1. The van der Waals surface area contributed by atoms with Crippen molar-refractivity contribution in [3.8, 4) is 16.9 Å². The molecule has 1 saturated heterocycles. The van der Waals surface area contributed by atoms with Crippen molar-refractivity contribution >= 4 is 27.8 Å². The molecule has 1 aliphatic rings. The molecule has 0 aliphatic carbocycles. The molecule has 158 valence electrons. The number of aliphatic carboxylic acids is 1. The first-order chi connectivity index (χ1) is 15.0. The fraction of sp³-hybridized carbons (Fsp3) is 0.200. The van der Waals surface area contributed by atoms with Crippen LogP contribution >= 0.6 is 15.9 Å². The largest absolute Gasteiger partial charge is 0.496 e. The normalized spacial score (nSPS) is 18.1. The Kier molecular flexibility index (Phi) is 6.09. The van der Waals surface area contributed by atoms with Crippen molar-refractivity contribution in [2.75, 3.05) is 7.11 Å². The molecule has 0 spiro atoms. The van der Waals surface area contributed by atoms with E-state index in [4.69, 9.17) is 4.74 Å². The van der Waals surface area contributed by atoms with E-state index in [0.29, 0.717) is 18.4 Å². The second kappa shape index (κ2) is 8.94. The highest BCUT2D eigenvalue weighted by Gasteiger charge is 2.42. The third kappa shape index (κ3) is 4.08. The molecule has 3 aromatic carbocycles. The number of halogens is 1. The van der Waals surface area contributed by atoms with E-state index >= 15 is 0 Å². The van der Waals surface area contributed by atoms with Crippen molar-refractivity contribution in [2.24, 2.45) is 0 Å². The molecule has 5 nitrogen and oxygen atoms in total. The topological polar surface area (TPSA) is 66.8 Å². The highest BCUT2D eigenvalue weighted by atomic mass is 79.9. The summed E-state index contributed by atoms with van der Waals surface area (Å²) in [5.41, 5.74) is 3.24. The summed E-state index contributed by atoms with van der Waals surface area (Å²) >= 11 is 3.55. The summed E-state index contributed by atoms with van der Waals surface area (Å²) in [5.74, 6) is -0.508. The van der Waals surface area contributed by atoms with E-state index in [1.54, 1.807) is 19.2 Å². The molecular formula is C25H22BrNO4. The van der Waals surface area contributed by atoms with E-state index < -0.39 is 12.0 Å². The highest BCUT2D eigenvalue weighted by Crippen LogP contribution is 2.40. The Morgan fingerprint density at radius 1 is 0.968 bits per heavy atom. The van der Waals surface area contributed by atoms with Gasteiger partial charge in [-0.2, -0.15) is 0 Å². The van der Waals surface area contributed by atoms with Crippen LogP contribution in [0.1, 0.15) is 34.8 Å². The first-order valence-corrected chi connectivity index (χ1v) is 10.8. The number of para-hydroxylation sites is 1. The predicted molar refractivity (Wildman–Crippen MR) is 122 cm³/mol. The summed E-state index contributed by atoms with van der Waals surface area (Å²) in [6.07, 6.45) is 1.02. The van der Waals surface area contributed by atoms with Crippen LogP contribution in [0.5, 0.6) is 5.75 Å². The van der Waals surface area contributed by atoms with Crippen LogP contribution in [-0.4, -0.2) is 35.0 Å². The lowest BCUT2D eigenvalue weighted by Gasteiger charge is -2.29. The molecule has 4 rings (SSSR count). The molecule has 2 atom stereocenters. The number of benzene rings is 3. The van der Waals surface area contributed by atoms with E-state index in [0.717, 1.165) is 26.9 Å². The maximum absolute atomic E-state index is 13.5. The van der Waals surface area contributed by atoms with Crippen molar-refractivity contribution in [1.29, 1.82) is 0 Å². The Morgan fingerprint density at radius 2 is 1.65 bits per heavy atom. The summed E-state index contributed by atoms with van der Waals surface area (Å²) in [5, 5.41) is 9.74. The van der Waals surface area contributed by atoms with Gasteiger partial charge < -0.3 is 14.7 Å². The van der Waals surface area contributed by atoms with Gasteiger partial charge in [-0.25, -0.2) is 4.79 Å². The maximum atomic E-state index is 13.5. The molecule has 0 saturated carbocycles. The fourth-order valence-electron chi connectivity index (χ4n) is 4.21. The molecule has 1 amide bonds. The first-order valence-electron chi connectivity index (χ1n) is 10.0. The number of carbonyl (C=O) groups is 2. The van der Waals surface area contributed by atoms with Gasteiger partial charge in [0.25, 0.3) is 5.91 Å². The SMILES string of the molecule is COc1ccccc1-c1ccc(C(=O)N2C(c3ccccc3Br)CC[C@H]2C(=O)O)cc1. The Morgan fingerprint density at radius 3 is 2.32 bits per heavy atom. The van der Waals surface area contributed by atoms with Gasteiger partial charge in [0, 0.05) is 15.6 Å². The third-order valence-corrected chi connectivity index (χ3v) is 6.44. The van der Waals surface area contributed by atoms with Crippen LogP contribution in [-0.2, 0) is 4.79 Å². The second-order valence-electron chi connectivity index (χ2n) is 7.46. The molecule has 0 bridgehead atoms. The minimum absolute atomic E-state index is 0.280. The standard InChI is InChI=1S/C25H22BrNO4/c1-31-23-9-5-3-6-18(23)16-10-12-17(13-11-16)24(28)27-21(14-15-22(27)25(29)30)19-7-2-4-8-20(19)26/h2-13,21-22H,14-15H2,1H3,(H,29,30)/t21?,22-/m0/s1. The zero-order valence-electron chi connectivity index (χ0n) is 17.0. The Hall–Kier alpha value is -3.12. The molecule has 1 fully saturated rings. The van der Waals surface area contributed by atoms with E-state index in [1.807, 2.05) is 60.7 Å². The molecule has 1 aliphatic heterocycles. The lowest BCUT2D eigenvalue weighted by atomic mass is 10.0. The van der Waals surface area contributed by atoms with Gasteiger partial charge >= 0.3 is 5.97 Å². The number of carboxylic acid groups (broad SMARTS) is 1. The molecule has 31 heavy (non-hydrogen) atoms. The first kappa shape index (κ1) is 21.1. The quantitative estimate of drug-likeness (QED) is 0.520. The van der Waals surface area contributed by atoms with Crippen LogP contribution in [0.4, 0.5) is 0 Å². The van der Waals surface area contributed by atoms with Crippen molar-refractivity contribution in [3.05, 3.63) is 88.4 Å². The zero-order valence-corrected chi connectivity index (χ0v) is 18.6. The number of carboxylic acids is 1. The van der Waals surface area contributed by atoms with Gasteiger partial charge in [-0.1, -0.05) is 64.5 Å². The van der Waals surface area contributed by atoms with E-state index in [-0.39, 0.29) is 11.9 Å². The smallest absolute Gasteiger partial charge is 0.326 e. The lowest BCUT2D eigenvalue weighted by Crippen LogP contribution is -2.41. The predicted octanol–water partition coefficient (Wildman–Crippen LogP) is 5.56. The van der Waals surface area contributed by atoms with Crippen molar-refractivity contribution < 1.29 is 19.4 Å². The number of nitrogens with zero attached hydrogens (tertiary/aromatic N) is 1. The molecular weight excluding hydrogens is 458 g/mol. The van der Waals surface area contributed by atoms with Gasteiger partial charge in [-0.05, 0) is 48.2 Å². The summed E-state index contributed by atoms with van der Waals surface area (Å²) in [6.45, 7) is 0. The Balaban J connectivity index is 1.67. The number of rotatable bonds is 5. The number of hydrogen-bond donors (Lipinski definition) is 1. The van der Waals surface area contributed by atoms with Gasteiger partial charge in [-0.3, -0.25) is 4.79 Å². The number of likely N-dealkylation sites (tertiary alicyclic amines) is 1. The van der Waals surface area contributed by atoms with Gasteiger partial charge in [0.05, 0.1) is 13.2 Å². The summed E-state index contributed by atoms with van der Waals surface area (Å²) in [6, 6.07) is 21.4. The average Bonchev–Trinajstić information content (AvgIpc) is 3.24. The van der Waals surface area contributed by atoms with Gasteiger partial charge in [0.15, 0.2) is 0 Å². The average molecular weight is 480 g/mol. The molecule has 0 radical (unpaired) electrons. The van der Waals surface area contributed by atoms with Crippen LogP contribution in [0.3, 0.4) is 0 Å². The van der Waals surface area contributed by atoms with Gasteiger partial charge in [0.1, 0.15) is 11.8 Å². The van der Waals surface area contributed by atoms with Crippen LogP contribution in [0.15, 0.2) is 77.3 Å². The Labute approximate surface area is 189 Å². The Bertz CT molecular complexity index is 1110. The number of carbonyl (C=O) groups excluding carboxylic acids is 1. The fourth-order valence-corrected chi connectivity index (χ4v) is 4.76. The van der Waals surface area contributed by atoms with Crippen molar-refractivity contribution in [3.63, 3.8) is 0 Å². The van der Waals surface area contributed by atoms with Crippen molar-refractivity contribution in [2.45, 2.75) is 24.9 Å². The minimum Gasteiger partial charge on any atom is -0.496 e. The summed E-state index contributed by atoms with van der Waals surface area (Å²) < 4.78 is 6.30. The maximum Gasteiger partial charge on any atom is 0.326 e. The van der Waals surface area contributed by atoms with E-state index in [1.165, 1.54) is 4.90 Å². The van der Waals surface area contributed by atoms with Crippen LogP contribution < -0.4 is 4.74 Å². The van der Waals surface area contributed by atoms with Gasteiger partial charge in [0.2, 0.25) is 0 Å². The van der Waals surface area contributed by atoms with Crippen LogP contribution in [0.25, 0.3) is 11.1 Å². The molecule has 0 aromatic heterocycles. The van der Waals surface area contributed by atoms with Crippen LogP contribution in [0, 0.1) is 0 Å². The molecule has 6 heteroatoms. The van der Waals surface area contributed by atoms with Gasteiger partial charge in [-0.15, -0.1) is 0 Å². The number of hydrogen-bond acceptors (Lipinski definition) is 3. The monoisotopic (exact) mass is 479 g/mol. The highest BCUT2D eigenvalue weighted by molar-refractivity contribution is 9.10. The number of amides is 1. The summed E-state index contributed by atoms with van der Waals surface area (Å²) in [4.78, 5) is 26.9.